The molecule has 1 aromatic heterocycles. The van der Waals surface area contributed by atoms with Gasteiger partial charge in [-0.2, -0.15) is 0 Å². The van der Waals surface area contributed by atoms with Crippen molar-refractivity contribution in [3.63, 3.8) is 0 Å². The number of nitrogens with two attached hydrogens (primary N) is 1. The minimum absolute atomic E-state index is 0.389. The van der Waals surface area contributed by atoms with E-state index in [9.17, 15) is 0 Å². The summed E-state index contributed by atoms with van der Waals surface area (Å²) in [5.74, 6) is 2.85. The summed E-state index contributed by atoms with van der Waals surface area (Å²) in [6.45, 7) is 0. The van der Waals surface area contributed by atoms with Crippen LogP contribution in [0.3, 0.4) is 0 Å². The first kappa shape index (κ1) is 9.96. The lowest BCUT2D eigenvalue weighted by atomic mass is 10.2. The molecule has 0 fully saturated rings. The maximum Gasteiger partial charge on any atom is 0.131 e. The number of hydrogen-bond donors (Lipinski definition) is 1. The predicted molar refractivity (Wildman–Crippen MR) is 62.1 cm³/mol. The molecule has 0 aliphatic carbocycles. The van der Waals surface area contributed by atoms with Gasteiger partial charge in [0.2, 0.25) is 0 Å². The first-order valence-corrected chi connectivity index (χ1v) is 6.67. The SMILES string of the molecule is Nc1cc(Cl)ncc1C#CSI. The molecule has 0 saturated heterocycles. The van der Waals surface area contributed by atoms with Crippen LogP contribution in [0.4, 0.5) is 5.69 Å². The molecule has 0 atom stereocenters. The van der Waals surface area contributed by atoms with E-state index in [1.165, 1.54) is 8.93 Å². The highest BCUT2D eigenvalue weighted by atomic mass is 127. The van der Waals surface area contributed by atoms with E-state index in [0.29, 0.717) is 16.4 Å². The van der Waals surface area contributed by atoms with Crippen LogP contribution >= 0.6 is 41.7 Å². The van der Waals surface area contributed by atoms with E-state index in [1.807, 2.05) is 0 Å². The number of anilines is 1. The van der Waals surface area contributed by atoms with Crippen LogP contribution in [0.5, 0.6) is 0 Å². The van der Waals surface area contributed by atoms with E-state index in [2.05, 4.69) is 37.4 Å². The van der Waals surface area contributed by atoms with Gasteiger partial charge in [-0.25, -0.2) is 4.98 Å². The maximum absolute atomic E-state index is 5.62. The standard InChI is InChI=1S/C7H4ClIN2S/c8-7-3-6(10)5(4-11-7)1-2-12-9/h3-4H,(H2,10,11). The molecule has 1 aromatic rings. The fourth-order valence-electron chi connectivity index (χ4n) is 0.623. The summed E-state index contributed by atoms with van der Waals surface area (Å²) < 4.78 is 0. The van der Waals surface area contributed by atoms with Gasteiger partial charge in [0.05, 0.1) is 11.3 Å². The average molecular weight is 311 g/mol. The zero-order valence-corrected chi connectivity index (χ0v) is 9.57. The van der Waals surface area contributed by atoms with E-state index >= 15 is 0 Å². The van der Waals surface area contributed by atoms with E-state index in [1.54, 1.807) is 12.3 Å². The molecule has 62 valence electrons. The maximum atomic E-state index is 5.62. The van der Waals surface area contributed by atoms with Gasteiger partial charge >= 0.3 is 0 Å². The van der Waals surface area contributed by atoms with Crippen molar-refractivity contribution < 1.29 is 0 Å². The summed E-state index contributed by atoms with van der Waals surface area (Å²) in [6.07, 6.45) is 1.57. The molecule has 0 saturated carbocycles. The second-order valence-corrected chi connectivity index (χ2v) is 3.97. The second-order valence-electron chi connectivity index (χ2n) is 1.90. The van der Waals surface area contributed by atoms with Gasteiger partial charge < -0.3 is 5.73 Å². The molecule has 0 bridgehead atoms. The van der Waals surface area contributed by atoms with Gasteiger partial charge in [-0.1, -0.05) is 17.5 Å². The summed E-state index contributed by atoms with van der Waals surface area (Å²) in [5, 5.41) is 3.20. The lowest BCUT2D eigenvalue weighted by Gasteiger charge is -1.96. The highest BCUT2D eigenvalue weighted by molar-refractivity contribution is 14.2. The number of halogens is 2. The van der Waals surface area contributed by atoms with Gasteiger partial charge in [-0.3, -0.25) is 0 Å². The minimum atomic E-state index is 0.389. The van der Waals surface area contributed by atoms with Crippen LogP contribution in [-0.4, -0.2) is 4.98 Å². The van der Waals surface area contributed by atoms with Gasteiger partial charge in [0.1, 0.15) is 5.15 Å². The Morgan fingerprint density at radius 3 is 3.00 bits per heavy atom. The lowest BCUT2D eigenvalue weighted by molar-refractivity contribution is 1.32. The van der Waals surface area contributed by atoms with Crippen LogP contribution in [0.25, 0.3) is 0 Å². The zero-order valence-electron chi connectivity index (χ0n) is 5.84. The fourth-order valence-corrected chi connectivity index (χ4v) is 1.27. The van der Waals surface area contributed by atoms with Crippen LogP contribution in [0, 0.1) is 11.2 Å². The Balaban J connectivity index is 3.01. The molecule has 0 unspecified atom stereocenters. The minimum Gasteiger partial charge on any atom is -0.398 e. The summed E-state index contributed by atoms with van der Waals surface area (Å²) in [5.41, 5.74) is 6.90. The third-order valence-electron chi connectivity index (χ3n) is 1.13. The summed E-state index contributed by atoms with van der Waals surface area (Å²) in [4.78, 5) is 3.86. The molecule has 1 rings (SSSR count). The number of rotatable bonds is 0. The number of pyridine rings is 1. The smallest absolute Gasteiger partial charge is 0.131 e. The van der Waals surface area contributed by atoms with Gasteiger partial charge in [0.15, 0.2) is 0 Å². The third kappa shape index (κ3) is 2.73. The number of nitrogen functional groups attached to an aromatic ring is 1. The van der Waals surface area contributed by atoms with Crippen LogP contribution in [0.2, 0.25) is 5.15 Å². The molecule has 2 nitrogen and oxygen atoms in total. The Bertz CT molecular complexity index is 345. The molecule has 0 radical (unpaired) electrons. The molecular formula is C7H4ClIN2S. The van der Waals surface area contributed by atoms with Crippen molar-refractivity contribution in [3.8, 4) is 11.2 Å². The number of aromatic nitrogens is 1. The van der Waals surface area contributed by atoms with Gasteiger partial charge in [-0.15, -0.1) is 0 Å². The molecule has 0 aliphatic heterocycles. The Kier molecular flexibility index (Phi) is 3.98. The molecule has 2 N–H and O–H groups in total. The molecule has 1 heterocycles. The van der Waals surface area contributed by atoms with Crippen molar-refractivity contribution in [1.82, 2.24) is 4.98 Å². The third-order valence-corrected chi connectivity index (χ3v) is 2.17. The van der Waals surface area contributed by atoms with Crippen LogP contribution in [0.15, 0.2) is 12.3 Å². The first-order chi connectivity index (χ1) is 5.74. The Morgan fingerprint density at radius 1 is 1.67 bits per heavy atom. The number of nitrogens with zero attached hydrogens (tertiary/aromatic N) is 1. The van der Waals surface area contributed by atoms with Crippen molar-refractivity contribution in [2.45, 2.75) is 0 Å². The summed E-state index contributed by atoms with van der Waals surface area (Å²) in [7, 11) is 1.40. The Hall–Kier alpha value is -0.120. The van der Waals surface area contributed by atoms with Crippen molar-refractivity contribution in [1.29, 1.82) is 0 Å². The van der Waals surface area contributed by atoms with Crippen molar-refractivity contribution in [2.75, 3.05) is 5.73 Å². The second kappa shape index (κ2) is 4.80. The molecule has 0 amide bonds. The first-order valence-electron chi connectivity index (χ1n) is 2.93. The lowest BCUT2D eigenvalue weighted by Crippen LogP contribution is -1.91. The fraction of sp³-hybridized carbons (Fsp3) is 0. The quantitative estimate of drug-likeness (QED) is 0.455. The molecular weight excluding hydrogens is 307 g/mol. The topological polar surface area (TPSA) is 38.9 Å². The highest BCUT2D eigenvalue weighted by Gasteiger charge is 1.96. The average Bonchev–Trinajstić information content (AvgIpc) is 2.03. The highest BCUT2D eigenvalue weighted by Crippen LogP contribution is 2.15. The molecule has 12 heavy (non-hydrogen) atoms. The van der Waals surface area contributed by atoms with Crippen LogP contribution < -0.4 is 5.73 Å². The largest absolute Gasteiger partial charge is 0.398 e. The van der Waals surface area contributed by atoms with Gasteiger partial charge in [-0.05, 0) is 20.3 Å². The van der Waals surface area contributed by atoms with Crippen LogP contribution in [-0.2, 0) is 0 Å². The van der Waals surface area contributed by atoms with E-state index < -0.39 is 0 Å². The van der Waals surface area contributed by atoms with Crippen molar-refractivity contribution in [3.05, 3.63) is 23.0 Å². The summed E-state index contributed by atoms with van der Waals surface area (Å²) >= 11 is 7.69. The molecule has 0 aliphatic rings. The van der Waals surface area contributed by atoms with Gasteiger partial charge in [0.25, 0.3) is 0 Å². The molecule has 0 spiro atoms. The normalized spacial score (nSPS) is 8.83. The summed E-state index contributed by atoms with van der Waals surface area (Å²) in [6, 6.07) is 1.59. The van der Waals surface area contributed by atoms with E-state index in [-0.39, 0.29) is 0 Å². The van der Waals surface area contributed by atoms with Crippen molar-refractivity contribution >= 4 is 47.4 Å². The van der Waals surface area contributed by atoms with E-state index in [4.69, 9.17) is 17.3 Å². The van der Waals surface area contributed by atoms with Crippen molar-refractivity contribution in [2.24, 2.45) is 0 Å². The zero-order chi connectivity index (χ0) is 8.97. The van der Waals surface area contributed by atoms with E-state index in [0.717, 1.165) is 0 Å². The van der Waals surface area contributed by atoms with Gasteiger partial charge in [0, 0.05) is 27.4 Å². The predicted octanol–water partition coefficient (Wildman–Crippen LogP) is 2.71. The van der Waals surface area contributed by atoms with Crippen LogP contribution in [0.1, 0.15) is 5.56 Å². The Morgan fingerprint density at radius 2 is 2.42 bits per heavy atom. The molecule has 0 aromatic carbocycles. The number of hydrogen-bond acceptors (Lipinski definition) is 3. The monoisotopic (exact) mass is 310 g/mol. The Labute approximate surface area is 91.9 Å². The molecule has 5 heteroatoms.